The van der Waals surface area contributed by atoms with E-state index in [1.54, 1.807) is 6.92 Å². The van der Waals surface area contributed by atoms with E-state index >= 15 is 0 Å². The Morgan fingerprint density at radius 3 is 1.43 bits per heavy atom. The van der Waals surface area contributed by atoms with Crippen LogP contribution in [0.15, 0.2) is 0 Å². The molecule has 0 radical (unpaired) electrons. The zero-order valence-corrected chi connectivity index (χ0v) is 3.97. The van der Waals surface area contributed by atoms with E-state index in [0.717, 1.165) is 0 Å². The predicted octanol–water partition coefficient (Wildman–Crippen LogP) is 0.673. The Bertz CT molecular complexity index is 116. The topological polar surface area (TPSA) is 47.6 Å². The first-order valence-corrected chi connectivity index (χ1v) is 1.49. The molecule has 0 amide bonds. The molecule has 0 unspecified atom stereocenters. The molecular formula is C5H4N2. The van der Waals surface area contributed by atoms with Gasteiger partial charge < -0.3 is 0 Å². The van der Waals surface area contributed by atoms with Crippen LogP contribution in [0.4, 0.5) is 0 Å². The second-order valence-corrected chi connectivity index (χ2v) is 0.512. The highest BCUT2D eigenvalue weighted by Crippen LogP contribution is 1.27. The first-order valence-electron chi connectivity index (χ1n) is 1.49. The Balaban J connectivity index is 0. The summed E-state index contributed by atoms with van der Waals surface area (Å²) in [6, 6.07) is 2.47. The van der Waals surface area contributed by atoms with Gasteiger partial charge >= 0.3 is 0 Å². The highest BCUT2D eigenvalue weighted by Gasteiger charge is 1.39. The molecule has 0 N–H and O–H groups in total. The quantitative estimate of drug-likeness (QED) is 0.412. The number of nitriles is 2. The summed E-state index contributed by atoms with van der Waals surface area (Å²) in [5.41, 5.74) is 0. The lowest BCUT2D eigenvalue weighted by molar-refractivity contribution is 1.49. The van der Waals surface area contributed by atoms with Crippen LogP contribution < -0.4 is 0 Å². The van der Waals surface area contributed by atoms with Crippen LogP contribution in [0.25, 0.3) is 0 Å². The van der Waals surface area contributed by atoms with Gasteiger partial charge in [0, 0.05) is 0 Å². The van der Waals surface area contributed by atoms with E-state index in [-0.39, 0.29) is 0 Å². The van der Waals surface area contributed by atoms with Crippen molar-refractivity contribution in [2.75, 3.05) is 0 Å². The lowest BCUT2D eigenvalue weighted by Crippen LogP contribution is -1.26. The minimum Gasteiger partial charge on any atom is -0.181 e. The molecule has 0 atom stereocenters. The molecule has 34 valence electrons. The average Bonchev–Trinajstić information content (AvgIpc) is 1.69. The van der Waals surface area contributed by atoms with Crippen molar-refractivity contribution >= 4 is 0 Å². The summed E-state index contributed by atoms with van der Waals surface area (Å²) in [6.07, 6.45) is 4.60. The first-order chi connectivity index (χ1) is 3.33. The smallest absolute Gasteiger partial charge is 0.181 e. The summed E-state index contributed by atoms with van der Waals surface area (Å²) in [4.78, 5) is 0. The maximum Gasteiger partial charge on any atom is 0.181 e. The molecule has 0 bridgehead atoms. The van der Waals surface area contributed by atoms with Crippen molar-refractivity contribution in [3.8, 4) is 24.5 Å². The molecule has 0 spiro atoms. The Morgan fingerprint density at radius 2 is 1.43 bits per heavy atom. The minimum absolute atomic E-state index is 1.24. The molecule has 7 heavy (non-hydrogen) atoms. The van der Waals surface area contributed by atoms with Crippen molar-refractivity contribution in [1.82, 2.24) is 0 Å². The third kappa shape index (κ3) is 138. The van der Waals surface area contributed by atoms with Crippen LogP contribution in [0.3, 0.4) is 0 Å². The first kappa shape index (κ1) is 9.11. The summed E-state index contributed by atoms with van der Waals surface area (Å²) in [6.45, 7) is 1.65. The van der Waals surface area contributed by atoms with Crippen LogP contribution in [0.2, 0.25) is 0 Å². The second kappa shape index (κ2) is 24.0. The van der Waals surface area contributed by atoms with E-state index in [4.69, 9.17) is 10.5 Å². The fourth-order valence-electron chi connectivity index (χ4n) is 0. The Kier molecular flexibility index (Phi) is 31.2. The van der Waals surface area contributed by atoms with Crippen LogP contribution in [-0.4, -0.2) is 0 Å². The van der Waals surface area contributed by atoms with Gasteiger partial charge in [0.15, 0.2) is 12.1 Å². The van der Waals surface area contributed by atoms with Crippen LogP contribution in [0.5, 0.6) is 0 Å². The van der Waals surface area contributed by atoms with Crippen molar-refractivity contribution in [3.05, 3.63) is 0 Å². The van der Waals surface area contributed by atoms with Gasteiger partial charge in [-0.1, -0.05) is 0 Å². The van der Waals surface area contributed by atoms with Gasteiger partial charge in [-0.25, -0.2) is 0 Å². The summed E-state index contributed by atoms with van der Waals surface area (Å²) in [5.74, 6) is 2.25. The van der Waals surface area contributed by atoms with Crippen LogP contribution in [-0.2, 0) is 0 Å². The van der Waals surface area contributed by atoms with Crippen molar-refractivity contribution < 1.29 is 0 Å². The lowest BCUT2D eigenvalue weighted by atomic mass is 10.9. The van der Waals surface area contributed by atoms with E-state index in [1.807, 2.05) is 0 Å². The van der Waals surface area contributed by atoms with E-state index in [9.17, 15) is 0 Å². The molecule has 0 saturated carbocycles. The molecule has 0 aliphatic rings. The monoisotopic (exact) mass is 92.0 g/mol. The van der Waals surface area contributed by atoms with Gasteiger partial charge in [-0.2, -0.15) is 10.5 Å². The van der Waals surface area contributed by atoms with Crippen molar-refractivity contribution in [3.63, 3.8) is 0 Å². The van der Waals surface area contributed by atoms with Crippen molar-refractivity contribution in [2.24, 2.45) is 0 Å². The zero-order valence-electron chi connectivity index (χ0n) is 3.97. The molecule has 0 heterocycles. The van der Waals surface area contributed by atoms with Gasteiger partial charge in [0.2, 0.25) is 0 Å². The van der Waals surface area contributed by atoms with Gasteiger partial charge in [0.25, 0.3) is 0 Å². The van der Waals surface area contributed by atoms with Gasteiger partial charge in [0.1, 0.15) is 0 Å². The summed E-state index contributed by atoms with van der Waals surface area (Å²) >= 11 is 0. The third-order valence-electron chi connectivity index (χ3n) is 0.0500. The normalized spacial score (nSPS) is 2.57. The van der Waals surface area contributed by atoms with Gasteiger partial charge in [-0.15, -0.1) is 12.3 Å². The molecule has 0 fully saturated rings. The van der Waals surface area contributed by atoms with Gasteiger partial charge in [-0.3, -0.25) is 0 Å². The van der Waals surface area contributed by atoms with E-state index in [1.165, 1.54) is 12.1 Å². The Morgan fingerprint density at radius 1 is 1.29 bits per heavy atom. The fraction of sp³-hybridized carbons (Fsp3) is 0.200. The maximum atomic E-state index is 7.26. The Hall–Kier alpha value is -1.46. The number of hydrogen-bond acceptors (Lipinski definition) is 2. The lowest BCUT2D eigenvalue weighted by Gasteiger charge is -1.23. The average molecular weight is 92.1 g/mol. The molecule has 0 aromatic heterocycles. The maximum absolute atomic E-state index is 7.26. The SMILES string of the molecule is C#CC.N#CC#N. The molecule has 0 aromatic rings. The fourth-order valence-corrected chi connectivity index (χ4v) is 0. The molecule has 0 aliphatic heterocycles. The molecular weight excluding hydrogens is 88.1 g/mol. The number of terminal acetylenes is 1. The highest BCUT2D eigenvalue weighted by atomic mass is 14.3. The molecule has 0 saturated heterocycles. The summed E-state index contributed by atoms with van der Waals surface area (Å²) in [5, 5.41) is 14.5. The largest absolute Gasteiger partial charge is 0.181 e. The molecule has 0 rings (SSSR count). The standard InChI is InChI=1S/C3H4.C2N2/c1-3-2;3-1-2-4/h1H,2H3;. The van der Waals surface area contributed by atoms with E-state index in [2.05, 4.69) is 12.3 Å². The number of hydrogen-bond donors (Lipinski definition) is 0. The van der Waals surface area contributed by atoms with Crippen LogP contribution in [0.1, 0.15) is 6.92 Å². The number of rotatable bonds is 0. The molecule has 0 aromatic carbocycles. The minimum atomic E-state index is 1.24. The number of nitrogens with zero attached hydrogens (tertiary/aromatic N) is 2. The second-order valence-electron chi connectivity index (χ2n) is 0.512. The van der Waals surface area contributed by atoms with Gasteiger partial charge in [0.05, 0.1) is 0 Å². The Labute approximate surface area is 43.0 Å². The summed E-state index contributed by atoms with van der Waals surface area (Å²) < 4.78 is 0. The van der Waals surface area contributed by atoms with Gasteiger partial charge in [-0.05, 0) is 6.92 Å². The molecule has 2 nitrogen and oxygen atoms in total. The molecule has 2 heteroatoms. The molecule has 0 aliphatic carbocycles. The van der Waals surface area contributed by atoms with Crippen LogP contribution >= 0.6 is 0 Å². The van der Waals surface area contributed by atoms with Crippen molar-refractivity contribution in [2.45, 2.75) is 6.92 Å². The van der Waals surface area contributed by atoms with E-state index < -0.39 is 0 Å². The third-order valence-corrected chi connectivity index (χ3v) is 0.0500. The predicted molar refractivity (Wildman–Crippen MR) is 25.7 cm³/mol. The van der Waals surface area contributed by atoms with Crippen LogP contribution in [0, 0.1) is 35.0 Å². The highest BCUT2D eigenvalue weighted by molar-refractivity contribution is 4.99. The zero-order chi connectivity index (χ0) is 6.12. The van der Waals surface area contributed by atoms with E-state index in [0.29, 0.717) is 0 Å². The summed E-state index contributed by atoms with van der Waals surface area (Å²) in [7, 11) is 0. The van der Waals surface area contributed by atoms with Crippen molar-refractivity contribution in [1.29, 1.82) is 10.5 Å².